The maximum atomic E-state index is 2.39. The summed E-state index contributed by atoms with van der Waals surface area (Å²) in [4.78, 5) is 0. The molecule has 4 rings (SSSR count). The molecule has 22 heavy (non-hydrogen) atoms. The molecule has 1 aliphatic heterocycles. The van der Waals surface area contributed by atoms with Gasteiger partial charge in [0.1, 0.15) is 0 Å². The number of fused-ring (bicyclic) bond motifs is 3. The largest absolute Gasteiger partial charge is 0.152 e. The van der Waals surface area contributed by atoms with Crippen molar-refractivity contribution in [2.24, 2.45) is 0 Å². The molecule has 1 heterocycles. The van der Waals surface area contributed by atoms with E-state index in [1.54, 1.807) is 0 Å². The Hall–Kier alpha value is -1.38. The van der Waals surface area contributed by atoms with Crippen LogP contribution in [0.2, 0.25) is 0 Å². The first kappa shape index (κ1) is 14.2. The standard InChI is InChI=1S/C20H18S2/c1-3-15-9-16(4-1)12-22-14-19-6-2-5-18-8-7-17(10-20(18)19)13-21-11-15/h1-10H,11-14H2. The molecule has 0 aliphatic carbocycles. The average Bonchev–Trinajstić information content (AvgIpc) is 2.56. The van der Waals surface area contributed by atoms with Crippen LogP contribution in [0, 0.1) is 0 Å². The molecule has 4 bridgehead atoms. The van der Waals surface area contributed by atoms with Gasteiger partial charge in [0.2, 0.25) is 0 Å². The van der Waals surface area contributed by atoms with Crippen LogP contribution in [0.5, 0.6) is 0 Å². The Bertz CT molecular complexity index is 808. The Labute approximate surface area is 140 Å². The van der Waals surface area contributed by atoms with Gasteiger partial charge in [0.25, 0.3) is 0 Å². The van der Waals surface area contributed by atoms with Crippen LogP contribution in [0.4, 0.5) is 0 Å². The Kier molecular flexibility index (Phi) is 4.13. The zero-order chi connectivity index (χ0) is 14.8. The number of rotatable bonds is 0. The second-order valence-corrected chi connectivity index (χ2v) is 7.75. The van der Waals surface area contributed by atoms with Gasteiger partial charge in [0.05, 0.1) is 0 Å². The molecule has 3 aromatic rings. The van der Waals surface area contributed by atoms with Crippen LogP contribution in [0.15, 0.2) is 60.7 Å². The van der Waals surface area contributed by atoms with Crippen LogP contribution in [-0.4, -0.2) is 0 Å². The van der Waals surface area contributed by atoms with Gasteiger partial charge >= 0.3 is 0 Å². The number of thioether (sulfide) groups is 2. The highest BCUT2D eigenvalue weighted by Gasteiger charge is 2.06. The normalized spacial score (nSPS) is 15.1. The van der Waals surface area contributed by atoms with Crippen molar-refractivity contribution in [1.82, 2.24) is 0 Å². The molecule has 0 amide bonds. The van der Waals surface area contributed by atoms with Gasteiger partial charge in [-0.2, -0.15) is 23.5 Å². The fourth-order valence-electron chi connectivity index (χ4n) is 2.98. The molecule has 0 N–H and O–H groups in total. The molecular weight excluding hydrogens is 304 g/mol. The summed E-state index contributed by atoms with van der Waals surface area (Å²) < 4.78 is 0. The Morgan fingerprint density at radius 1 is 0.591 bits per heavy atom. The SMILES string of the molecule is c1cc2cc(c1)CSCc1cccc3ccc(cc13)CSC2. The predicted molar refractivity (Wildman–Crippen MR) is 100 cm³/mol. The van der Waals surface area contributed by atoms with Crippen LogP contribution >= 0.6 is 23.5 Å². The van der Waals surface area contributed by atoms with E-state index in [0.29, 0.717) is 0 Å². The predicted octanol–water partition coefficient (Wildman–Crippen LogP) is 6.02. The summed E-state index contributed by atoms with van der Waals surface area (Å²) >= 11 is 4.02. The fraction of sp³-hybridized carbons (Fsp3) is 0.200. The van der Waals surface area contributed by atoms with Gasteiger partial charge in [-0.15, -0.1) is 0 Å². The minimum Gasteiger partial charge on any atom is -0.152 e. The Balaban J connectivity index is 1.74. The van der Waals surface area contributed by atoms with E-state index in [0.717, 1.165) is 23.0 Å². The minimum atomic E-state index is 1.08. The highest BCUT2D eigenvalue weighted by Crippen LogP contribution is 2.29. The molecule has 0 saturated carbocycles. The van der Waals surface area contributed by atoms with Crippen molar-refractivity contribution in [3.05, 3.63) is 82.9 Å². The molecule has 0 aromatic heterocycles. The van der Waals surface area contributed by atoms with Crippen molar-refractivity contribution < 1.29 is 0 Å². The van der Waals surface area contributed by atoms with E-state index in [9.17, 15) is 0 Å². The smallest absolute Gasteiger partial charge is 0.0194 e. The molecule has 0 radical (unpaired) electrons. The van der Waals surface area contributed by atoms with Crippen LogP contribution in [0.3, 0.4) is 0 Å². The molecule has 0 fully saturated rings. The number of hydrogen-bond donors (Lipinski definition) is 0. The first-order chi connectivity index (χ1) is 10.9. The lowest BCUT2D eigenvalue weighted by atomic mass is 10.0. The lowest BCUT2D eigenvalue weighted by Crippen LogP contribution is -1.87. The summed E-state index contributed by atoms with van der Waals surface area (Å²) in [6, 6.07) is 22.7. The second kappa shape index (κ2) is 6.39. The van der Waals surface area contributed by atoms with Gasteiger partial charge in [-0.3, -0.25) is 0 Å². The highest BCUT2D eigenvalue weighted by atomic mass is 32.2. The molecule has 0 nitrogen and oxygen atoms in total. The molecule has 1 aliphatic rings. The summed E-state index contributed by atoms with van der Waals surface area (Å²) in [7, 11) is 0. The lowest BCUT2D eigenvalue weighted by molar-refractivity contribution is 1.32. The summed E-state index contributed by atoms with van der Waals surface area (Å²) in [6.45, 7) is 0. The first-order valence-electron chi connectivity index (χ1n) is 7.62. The molecule has 110 valence electrons. The third-order valence-corrected chi connectivity index (χ3v) is 6.22. The van der Waals surface area contributed by atoms with E-state index in [1.807, 2.05) is 23.5 Å². The van der Waals surface area contributed by atoms with Crippen LogP contribution < -0.4 is 0 Å². The Morgan fingerprint density at radius 3 is 2.09 bits per heavy atom. The highest BCUT2D eigenvalue weighted by molar-refractivity contribution is 7.98. The summed E-state index contributed by atoms with van der Waals surface area (Å²) in [5, 5.41) is 2.79. The zero-order valence-corrected chi connectivity index (χ0v) is 14.1. The van der Waals surface area contributed by atoms with Gasteiger partial charge in [0, 0.05) is 23.0 Å². The quantitative estimate of drug-likeness (QED) is 0.496. The van der Waals surface area contributed by atoms with Gasteiger partial charge in [0.15, 0.2) is 0 Å². The van der Waals surface area contributed by atoms with Crippen LogP contribution in [-0.2, 0) is 23.0 Å². The van der Waals surface area contributed by atoms with Crippen molar-refractivity contribution >= 4 is 34.3 Å². The van der Waals surface area contributed by atoms with Crippen molar-refractivity contribution in [3.8, 4) is 0 Å². The van der Waals surface area contributed by atoms with Crippen LogP contribution in [0.1, 0.15) is 22.3 Å². The molecule has 2 heteroatoms. The monoisotopic (exact) mass is 322 g/mol. The molecule has 0 saturated heterocycles. The van der Waals surface area contributed by atoms with Gasteiger partial charge < -0.3 is 0 Å². The minimum absolute atomic E-state index is 1.08. The molecule has 0 spiro atoms. The fourth-order valence-corrected chi connectivity index (χ4v) is 4.90. The van der Waals surface area contributed by atoms with E-state index in [-0.39, 0.29) is 0 Å². The second-order valence-electron chi connectivity index (χ2n) is 5.78. The van der Waals surface area contributed by atoms with Gasteiger partial charge in [-0.1, -0.05) is 60.7 Å². The first-order valence-corrected chi connectivity index (χ1v) is 9.93. The third-order valence-electron chi connectivity index (χ3n) is 4.09. The van der Waals surface area contributed by atoms with E-state index < -0.39 is 0 Å². The van der Waals surface area contributed by atoms with E-state index in [2.05, 4.69) is 60.7 Å². The summed E-state index contributed by atoms with van der Waals surface area (Å²) in [5.41, 5.74) is 5.79. The zero-order valence-electron chi connectivity index (χ0n) is 12.4. The van der Waals surface area contributed by atoms with Crippen molar-refractivity contribution in [3.63, 3.8) is 0 Å². The maximum absolute atomic E-state index is 2.39. The lowest BCUT2D eigenvalue weighted by Gasteiger charge is -2.08. The Morgan fingerprint density at radius 2 is 1.27 bits per heavy atom. The number of hydrogen-bond acceptors (Lipinski definition) is 2. The molecule has 0 atom stereocenters. The summed E-state index contributed by atoms with van der Waals surface area (Å²) in [5.74, 6) is 4.35. The van der Waals surface area contributed by atoms with Gasteiger partial charge in [-0.25, -0.2) is 0 Å². The third kappa shape index (κ3) is 3.04. The number of benzene rings is 3. The van der Waals surface area contributed by atoms with E-state index >= 15 is 0 Å². The van der Waals surface area contributed by atoms with Gasteiger partial charge in [-0.05, 0) is 33.0 Å². The van der Waals surface area contributed by atoms with Crippen molar-refractivity contribution in [2.75, 3.05) is 0 Å². The molecular formula is C20H18S2. The topological polar surface area (TPSA) is 0 Å². The average molecular weight is 322 g/mol. The van der Waals surface area contributed by atoms with Crippen molar-refractivity contribution in [1.29, 1.82) is 0 Å². The maximum Gasteiger partial charge on any atom is 0.0194 e. The molecule has 3 aromatic carbocycles. The molecule has 0 unspecified atom stereocenters. The van der Waals surface area contributed by atoms with Crippen LogP contribution in [0.25, 0.3) is 10.8 Å². The van der Waals surface area contributed by atoms with Crippen molar-refractivity contribution in [2.45, 2.75) is 23.0 Å². The van der Waals surface area contributed by atoms with E-state index in [4.69, 9.17) is 0 Å². The van der Waals surface area contributed by atoms with E-state index in [1.165, 1.54) is 33.0 Å². The summed E-state index contributed by atoms with van der Waals surface area (Å²) in [6.07, 6.45) is 0.